The first-order valence-corrected chi connectivity index (χ1v) is 7.91. The van der Waals surface area contributed by atoms with Crippen molar-refractivity contribution in [1.82, 2.24) is 4.90 Å². The summed E-state index contributed by atoms with van der Waals surface area (Å²) in [5.41, 5.74) is 8.02. The van der Waals surface area contributed by atoms with Gasteiger partial charge in [0, 0.05) is 11.6 Å². The third kappa shape index (κ3) is 2.99. The highest BCUT2D eigenvalue weighted by molar-refractivity contribution is 5.27. The molecule has 0 aliphatic heterocycles. The Kier molecular flexibility index (Phi) is 5.06. The Morgan fingerprint density at radius 3 is 2.20 bits per heavy atom. The van der Waals surface area contributed by atoms with Crippen molar-refractivity contribution < 1.29 is 5.11 Å². The van der Waals surface area contributed by atoms with E-state index in [0.717, 1.165) is 19.5 Å². The number of hydrogen-bond donors (Lipinski definition) is 2. The molecule has 112 valence electrons. The summed E-state index contributed by atoms with van der Waals surface area (Å²) in [5, 5.41) is 9.38. The summed E-state index contributed by atoms with van der Waals surface area (Å²) >= 11 is 0. The van der Waals surface area contributed by atoms with Crippen molar-refractivity contribution in [3.63, 3.8) is 0 Å². The third-order valence-electron chi connectivity index (χ3n) is 4.94. The zero-order valence-electron chi connectivity index (χ0n) is 12.8. The first-order valence-electron chi connectivity index (χ1n) is 7.91. The molecular formula is C17H28N2O. The SMILES string of the molecule is CCN(CC)C1(C(N)Cc2ccc(O)cc2)CCCC1. The third-order valence-corrected chi connectivity index (χ3v) is 4.94. The summed E-state index contributed by atoms with van der Waals surface area (Å²) in [6.07, 6.45) is 5.90. The Bertz CT molecular complexity index is 406. The van der Waals surface area contributed by atoms with Crippen LogP contribution in [0.3, 0.4) is 0 Å². The number of nitrogens with two attached hydrogens (primary N) is 1. The minimum absolute atomic E-state index is 0.162. The lowest BCUT2D eigenvalue weighted by molar-refractivity contribution is 0.0772. The molecule has 1 aliphatic carbocycles. The second-order valence-corrected chi connectivity index (χ2v) is 5.96. The monoisotopic (exact) mass is 276 g/mol. The fraction of sp³-hybridized carbons (Fsp3) is 0.647. The zero-order chi connectivity index (χ0) is 14.6. The van der Waals surface area contributed by atoms with Crippen molar-refractivity contribution >= 4 is 0 Å². The second kappa shape index (κ2) is 6.59. The van der Waals surface area contributed by atoms with Crippen molar-refractivity contribution in [2.75, 3.05) is 13.1 Å². The summed E-state index contributed by atoms with van der Waals surface area (Å²) in [6, 6.07) is 7.64. The minimum Gasteiger partial charge on any atom is -0.508 e. The topological polar surface area (TPSA) is 49.5 Å². The van der Waals surface area contributed by atoms with E-state index in [9.17, 15) is 5.11 Å². The number of aromatic hydroxyl groups is 1. The van der Waals surface area contributed by atoms with Crippen LogP contribution in [-0.2, 0) is 6.42 Å². The molecular weight excluding hydrogens is 248 g/mol. The van der Waals surface area contributed by atoms with Crippen LogP contribution < -0.4 is 5.73 Å². The molecule has 1 atom stereocenters. The second-order valence-electron chi connectivity index (χ2n) is 5.96. The molecule has 0 heterocycles. The Balaban J connectivity index is 2.14. The maximum Gasteiger partial charge on any atom is 0.115 e. The highest BCUT2D eigenvalue weighted by atomic mass is 16.3. The van der Waals surface area contributed by atoms with E-state index in [4.69, 9.17) is 5.73 Å². The molecule has 0 saturated heterocycles. The van der Waals surface area contributed by atoms with Crippen LogP contribution in [0.15, 0.2) is 24.3 Å². The van der Waals surface area contributed by atoms with E-state index in [1.807, 2.05) is 12.1 Å². The predicted octanol–water partition coefficient (Wildman–Crippen LogP) is 2.92. The quantitative estimate of drug-likeness (QED) is 0.840. The van der Waals surface area contributed by atoms with Gasteiger partial charge in [0.25, 0.3) is 0 Å². The first-order chi connectivity index (χ1) is 9.62. The van der Waals surface area contributed by atoms with E-state index in [-0.39, 0.29) is 11.6 Å². The fourth-order valence-electron chi connectivity index (χ4n) is 3.84. The van der Waals surface area contributed by atoms with Gasteiger partial charge in [-0.3, -0.25) is 4.90 Å². The molecule has 1 aromatic rings. The molecule has 0 radical (unpaired) electrons. The smallest absolute Gasteiger partial charge is 0.115 e. The molecule has 20 heavy (non-hydrogen) atoms. The van der Waals surface area contributed by atoms with Gasteiger partial charge < -0.3 is 10.8 Å². The molecule has 1 fully saturated rings. The van der Waals surface area contributed by atoms with E-state index in [1.54, 1.807) is 12.1 Å². The van der Waals surface area contributed by atoms with Gasteiger partial charge in [0.15, 0.2) is 0 Å². The van der Waals surface area contributed by atoms with Crippen molar-refractivity contribution in [1.29, 1.82) is 0 Å². The molecule has 1 unspecified atom stereocenters. The Hall–Kier alpha value is -1.06. The summed E-state index contributed by atoms with van der Waals surface area (Å²) in [5.74, 6) is 0.321. The van der Waals surface area contributed by atoms with Crippen LogP contribution in [-0.4, -0.2) is 34.7 Å². The molecule has 0 spiro atoms. The number of nitrogens with zero attached hydrogens (tertiary/aromatic N) is 1. The van der Waals surface area contributed by atoms with E-state index in [2.05, 4.69) is 18.7 Å². The van der Waals surface area contributed by atoms with Gasteiger partial charge in [-0.05, 0) is 50.0 Å². The lowest BCUT2D eigenvalue weighted by Gasteiger charge is -2.45. The van der Waals surface area contributed by atoms with Gasteiger partial charge in [0.05, 0.1) is 0 Å². The molecule has 1 aliphatic rings. The highest BCUT2D eigenvalue weighted by Crippen LogP contribution is 2.38. The summed E-state index contributed by atoms with van der Waals surface area (Å²) in [7, 11) is 0. The number of benzene rings is 1. The maximum absolute atomic E-state index is 9.38. The molecule has 0 amide bonds. The Morgan fingerprint density at radius 1 is 1.15 bits per heavy atom. The van der Waals surface area contributed by atoms with Gasteiger partial charge in [0.2, 0.25) is 0 Å². The van der Waals surface area contributed by atoms with Crippen LogP contribution in [0.2, 0.25) is 0 Å². The van der Waals surface area contributed by atoms with E-state index in [1.165, 1.54) is 31.2 Å². The molecule has 0 aromatic heterocycles. The standard InChI is InChI=1S/C17H28N2O/c1-3-19(4-2)17(11-5-6-12-17)16(18)13-14-7-9-15(20)10-8-14/h7-10,16,20H,3-6,11-13,18H2,1-2H3. The summed E-state index contributed by atoms with van der Waals surface area (Å²) in [4.78, 5) is 2.56. The summed E-state index contributed by atoms with van der Waals surface area (Å²) < 4.78 is 0. The van der Waals surface area contributed by atoms with Crippen LogP contribution >= 0.6 is 0 Å². The van der Waals surface area contributed by atoms with Crippen LogP contribution in [0.1, 0.15) is 45.1 Å². The Morgan fingerprint density at radius 2 is 1.70 bits per heavy atom. The number of hydrogen-bond acceptors (Lipinski definition) is 3. The minimum atomic E-state index is 0.162. The molecule has 2 rings (SSSR count). The molecule has 0 bridgehead atoms. The van der Waals surface area contributed by atoms with E-state index >= 15 is 0 Å². The van der Waals surface area contributed by atoms with Crippen LogP contribution in [0.4, 0.5) is 0 Å². The lowest BCUT2D eigenvalue weighted by Crippen LogP contribution is -2.59. The van der Waals surface area contributed by atoms with Crippen LogP contribution in [0, 0.1) is 0 Å². The maximum atomic E-state index is 9.38. The normalized spacial score (nSPS) is 19.4. The van der Waals surface area contributed by atoms with Gasteiger partial charge in [-0.25, -0.2) is 0 Å². The van der Waals surface area contributed by atoms with Gasteiger partial charge in [0.1, 0.15) is 5.75 Å². The number of phenolic OH excluding ortho intramolecular Hbond substituents is 1. The van der Waals surface area contributed by atoms with Crippen molar-refractivity contribution in [3.05, 3.63) is 29.8 Å². The Labute approximate surface area is 122 Å². The van der Waals surface area contributed by atoms with Gasteiger partial charge in [-0.2, -0.15) is 0 Å². The van der Waals surface area contributed by atoms with Gasteiger partial charge >= 0.3 is 0 Å². The summed E-state index contributed by atoms with van der Waals surface area (Å²) in [6.45, 7) is 6.60. The van der Waals surface area contributed by atoms with Crippen molar-refractivity contribution in [2.24, 2.45) is 5.73 Å². The highest BCUT2D eigenvalue weighted by Gasteiger charge is 2.43. The van der Waals surface area contributed by atoms with Gasteiger partial charge in [-0.15, -0.1) is 0 Å². The van der Waals surface area contributed by atoms with Crippen LogP contribution in [0.25, 0.3) is 0 Å². The number of rotatable bonds is 6. The number of phenols is 1. The van der Waals surface area contributed by atoms with Crippen molar-refractivity contribution in [2.45, 2.75) is 57.5 Å². The molecule has 1 aromatic carbocycles. The average Bonchev–Trinajstić information content (AvgIpc) is 2.93. The molecule has 3 nitrogen and oxygen atoms in total. The van der Waals surface area contributed by atoms with E-state index < -0.39 is 0 Å². The average molecular weight is 276 g/mol. The molecule has 3 N–H and O–H groups in total. The first kappa shape index (κ1) is 15.3. The fourth-order valence-corrected chi connectivity index (χ4v) is 3.84. The molecule has 3 heteroatoms. The zero-order valence-corrected chi connectivity index (χ0v) is 12.8. The largest absolute Gasteiger partial charge is 0.508 e. The number of likely N-dealkylation sites (N-methyl/N-ethyl adjacent to an activating group) is 1. The van der Waals surface area contributed by atoms with E-state index in [0.29, 0.717) is 5.75 Å². The van der Waals surface area contributed by atoms with Gasteiger partial charge in [-0.1, -0.05) is 38.8 Å². The van der Waals surface area contributed by atoms with Crippen LogP contribution in [0.5, 0.6) is 5.75 Å². The van der Waals surface area contributed by atoms with Crippen molar-refractivity contribution in [3.8, 4) is 5.75 Å². The molecule has 1 saturated carbocycles. The predicted molar refractivity (Wildman–Crippen MR) is 83.9 cm³/mol. The lowest BCUT2D eigenvalue weighted by atomic mass is 9.83.